The van der Waals surface area contributed by atoms with Crippen LogP contribution in [0.3, 0.4) is 0 Å². The molecule has 2 amide bonds. The third-order valence-corrected chi connectivity index (χ3v) is 2.82. The first kappa shape index (κ1) is 10.7. The van der Waals surface area contributed by atoms with E-state index >= 15 is 0 Å². The fourth-order valence-corrected chi connectivity index (χ4v) is 1.99. The molecule has 0 saturated carbocycles. The molecule has 2 heterocycles. The van der Waals surface area contributed by atoms with Gasteiger partial charge in [0.1, 0.15) is 16.9 Å². The number of aromatic amines is 1. The quantitative estimate of drug-likeness (QED) is 0.398. The first-order valence-electron chi connectivity index (χ1n) is 4.57. The van der Waals surface area contributed by atoms with Crippen molar-refractivity contribution in [3.63, 3.8) is 0 Å². The highest BCUT2D eigenvalue weighted by Gasteiger charge is 2.05. The molecule has 2 aromatic rings. The summed E-state index contributed by atoms with van der Waals surface area (Å²) in [5.74, 6) is 0.689. The maximum absolute atomic E-state index is 10.4. The van der Waals surface area contributed by atoms with Gasteiger partial charge in [0, 0.05) is 12.3 Å². The van der Waals surface area contributed by atoms with Crippen LogP contribution in [0.15, 0.2) is 17.7 Å². The summed E-state index contributed by atoms with van der Waals surface area (Å²) in [6, 6.07) is -0.519. The molecule has 0 saturated heterocycles. The van der Waals surface area contributed by atoms with Gasteiger partial charge < -0.3 is 16.0 Å². The lowest BCUT2D eigenvalue weighted by Crippen LogP contribution is -2.31. The molecule has 0 aliphatic carbocycles. The molecule has 7 nitrogen and oxygen atoms in total. The summed E-state index contributed by atoms with van der Waals surface area (Å²) in [6.07, 6.45) is 3.04. The largest absolute Gasteiger partial charge is 0.352 e. The molecule has 0 aromatic carbocycles. The van der Waals surface area contributed by atoms with E-state index < -0.39 is 6.03 Å². The molecule has 2 aromatic heterocycles. The van der Waals surface area contributed by atoms with Gasteiger partial charge in [0.15, 0.2) is 5.65 Å². The van der Waals surface area contributed by atoms with E-state index in [-0.39, 0.29) is 0 Å². The van der Waals surface area contributed by atoms with Crippen LogP contribution in [0, 0.1) is 0 Å². The van der Waals surface area contributed by atoms with Crippen LogP contribution < -0.4 is 11.1 Å². The number of carbonyl (C=O) groups excluding carboxylic acids is 1. The third kappa shape index (κ3) is 2.40. The molecule has 0 aliphatic rings. The van der Waals surface area contributed by atoms with Gasteiger partial charge in [-0.3, -0.25) is 0 Å². The zero-order valence-electron chi connectivity index (χ0n) is 8.30. The summed E-state index contributed by atoms with van der Waals surface area (Å²) in [6.45, 7) is 0.500. The number of nitrogens with one attached hydrogen (secondary N) is 2. The molecule has 84 valence electrons. The number of nitrogens with two attached hydrogens (primary N) is 1. The molecule has 0 radical (unpaired) electrons. The van der Waals surface area contributed by atoms with E-state index in [0.29, 0.717) is 17.9 Å². The van der Waals surface area contributed by atoms with Gasteiger partial charge in [-0.15, -0.1) is 11.8 Å². The van der Waals surface area contributed by atoms with Crippen molar-refractivity contribution < 1.29 is 4.79 Å². The second kappa shape index (κ2) is 4.79. The van der Waals surface area contributed by atoms with Crippen molar-refractivity contribution in [2.45, 2.75) is 5.03 Å². The predicted molar refractivity (Wildman–Crippen MR) is 60.0 cm³/mol. The Bertz CT molecular complexity index is 498. The number of thioether (sulfide) groups is 1. The lowest BCUT2D eigenvalue weighted by molar-refractivity contribution is 0.249. The number of hydrogen-bond donors (Lipinski definition) is 3. The number of carbonyl (C=O) groups is 1. The van der Waals surface area contributed by atoms with Crippen LogP contribution >= 0.6 is 11.8 Å². The van der Waals surface area contributed by atoms with E-state index in [9.17, 15) is 4.79 Å². The average Bonchev–Trinajstić information content (AvgIpc) is 2.72. The normalized spacial score (nSPS) is 10.5. The molecule has 0 bridgehead atoms. The van der Waals surface area contributed by atoms with Crippen molar-refractivity contribution in [3.8, 4) is 0 Å². The first-order valence-corrected chi connectivity index (χ1v) is 5.56. The molecule has 8 heteroatoms. The second-order valence-corrected chi connectivity index (χ2v) is 4.00. The van der Waals surface area contributed by atoms with Crippen LogP contribution in [-0.4, -0.2) is 38.3 Å². The van der Waals surface area contributed by atoms with Crippen LogP contribution in [0.1, 0.15) is 0 Å². The lowest BCUT2D eigenvalue weighted by Gasteiger charge is -2.01. The van der Waals surface area contributed by atoms with Crippen LogP contribution in [0.25, 0.3) is 11.2 Å². The minimum Gasteiger partial charge on any atom is -0.352 e. The summed E-state index contributed by atoms with van der Waals surface area (Å²) in [5.41, 5.74) is 6.40. The molecule has 16 heavy (non-hydrogen) atoms. The molecule has 0 fully saturated rings. The maximum Gasteiger partial charge on any atom is 0.312 e. The van der Waals surface area contributed by atoms with E-state index in [1.165, 1.54) is 18.1 Å². The SMILES string of the molecule is NC(=O)NCCSc1ncnc2nc[nH]c12. The molecule has 4 N–H and O–H groups in total. The fourth-order valence-electron chi connectivity index (χ4n) is 1.17. The Hall–Kier alpha value is -1.83. The number of amides is 2. The predicted octanol–water partition coefficient (Wildman–Crippen LogP) is 0.113. The van der Waals surface area contributed by atoms with Gasteiger partial charge in [0.2, 0.25) is 0 Å². The van der Waals surface area contributed by atoms with Crippen LogP contribution in [0.4, 0.5) is 4.79 Å². The van der Waals surface area contributed by atoms with E-state index in [0.717, 1.165) is 10.5 Å². The minimum absolute atomic E-state index is 0.500. The molecular formula is C8H10N6OS. The Morgan fingerprint density at radius 1 is 1.50 bits per heavy atom. The van der Waals surface area contributed by atoms with Gasteiger partial charge in [-0.2, -0.15) is 0 Å². The monoisotopic (exact) mass is 238 g/mol. The van der Waals surface area contributed by atoms with Crippen LogP contribution in [0.5, 0.6) is 0 Å². The molecular weight excluding hydrogens is 228 g/mol. The van der Waals surface area contributed by atoms with Crippen molar-refractivity contribution in [2.24, 2.45) is 5.73 Å². The molecule has 0 unspecified atom stereocenters. The standard InChI is InChI=1S/C8H10N6OS/c9-8(15)10-1-2-16-7-5-6(12-3-11-5)13-4-14-7/h3-4H,1-2H2,(H3,9,10,15)(H,11,12,13,14). The Morgan fingerprint density at radius 3 is 3.19 bits per heavy atom. The maximum atomic E-state index is 10.4. The van der Waals surface area contributed by atoms with E-state index in [1.807, 2.05) is 0 Å². The zero-order valence-corrected chi connectivity index (χ0v) is 9.12. The van der Waals surface area contributed by atoms with Crippen LogP contribution in [0.2, 0.25) is 0 Å². The smallest absolute Gasteiger partial charge is 0.312 e. The summed E-state index contributed by atoms with van der Waals surface area (Å²) in [4.78, 5) is 25.6. The van der Waals surface area contributed by atoms with Gasteiger partial charge in [-0.1, -0.05) is 0 Å². The van der Waals surface area contributed by atoms with E-state index in [2.05, 4.69) is 25.3 Å². The average molecular weight is 238 g/mol. The number of aromatic nitrogens is 4. The Morgan fingerprint density at radius 2 is 2.38 bits per heavy atom. The summed E-state index contributed by atoms with van der Waals surface area (Å²) >= 11 is 1.50. The van der Waals surface area contributed by atoms with Gasteiger partial charge in [0.05, 0.1) is 6.33 Å². The number of imidazole rings is 1. The number of H-pyrrole nitrogens is 1. The van der Waals surface area contributed by atoms with Crippen LogP contribution in [-0.2, 0) is 0 Å². The lowest BCUT2D eigenvalue weighted by atomic mass is 10.6. The highest BCUT2D eigenvalue weighted by atomic mass is 32.2. The van der Waals surface area contributed by atoms with Crippen molar-refractivity contribution >= 4 is 29.0 Å². The summed E-state index contributed by atoms with van der Waals surface area (Å²) in [5, 5.41) is 3.32. The van der Waals surface area contributed by atoms with Crippen molar-refractivity contribution in [2.75, 3.05) is 12.3 Å². The minimum atomic E-state index is -0.519. The topological polar surface area (TPSA) is 110 Å². The Labute approximate surface area is 95.3 Å². The molecule has 0 atom stereocenters. The number of urea groups is 1. The number of fused-ring (bicyclic) bond motifs is 1. The zero-order chi connectivity index (χ0) is 11.4. The fraction of sp³-hybridized carbons (Fsp3) is 0.250. The molecule has 0 aliphatic heterocycles. The van der Waals surface area contributed by atoms with E-state index in [1.54, 1.807) is 6.33 Å². The van der Waals surface area contributed by atoms with E-state index in [4.69, 9.17) is 5.73 Å². The summed E-state index contributed by atoms with van der Waals surface area (Å²) < 4.78 is 0. The summed E-state index contributed by atoms with van der Waals surface area (Å²) in [7, 11) is 0. The highest BCUT2D eigenvalue weighted by molar-refractivity contribution is 7.99. The van der Waals surface area contributed by atoms with Gasteiger partial charge in [-0.25, -0.2) is 19.7 Å². The molecule has 0 spiro atoms. The number of primary amides is 1. The molecule has 2 rings (SSSR count). The van der Waals surface area contributed by atoms with Crippen molar-refractivity contribution in [1.29, 1.82) is 0 Å². The Balaban J connectivity index is 1.98. The van der Waals surface area contributed by atoms with Gasteiger partial charge >= 0.3 is 6.03 Å². The van der Waals surface area contributed by atoms with Gasteiger partial charge in [0.25, 0.3) is 0 Å². The van der Waals surface area contributed by atoms with Crippen molar-refractivity contribution in [1.82, 2.24) is 25.3 Å². The Kier molecular flexibility index (Phi) is 3.20. The number of hydrogen-bond acceptors (Lipinski definition) is 5. The van der Waals surface area contributed by atoms with Gasteiger partial charge in [-0.05, 0) is 0 Å². The third-order valence-electron chi connectivity index (χ3n) is 1.83. The number of nitrogens with zero attached hydrogens (tertiary/aromatic N) is 3. The highest BCUT2D eigenvalue weighted by Crippen LogP contribution is 2.20. The van der Waals surface area contributed by atoms with Crippen molar-refractivity contribution in [3.05, 3.63) is 12.7 Å². The number of rotatable bonds is 4. The second-order valence-electron chi connectivity index (χ2n) is 2.92. The first-order chi connectivity index (χ1) is 7.77.